The summed E-state index contributed by atoms with van der Waals surface area (Å²) in [5.74, 6) is -0.954. The van der Waals surface area contributed by atoms with Gasteiger partial charge < -0.3 is 10.2 Å². The van der Waals surface area contributed by atoms with Crippen molar-refractivity contribution in [1.82, 2.24) is 0 Å². The predicted octanol–water partition coefficient (Wildman–Crippen LogP) is 2.19. The standard InChI is InChI=1S/C6H6F3NO/c1-3-2-4(10)5(11-3)6(7,8)9/h2H,10H2,1H3. The van der Waals surface area contributed by atoms with Gasteiger partial charge in [0, 0.05) is 6.07 Å². The Kier molecular flexibility index (Phi) is 1.58. The molecule has 5 heteroatoms. The summed E-state index contributed by atoms with van der Waals surface area (Å²) in [7, 11) is 0. The largest absolute Gasteiger partial charge is 0.455 e. The minimum atomic E-state index is -4.49. The minimum Gasteiger partial charge on any atom is -0.455 e. The van der Waals surface area contributed by atoms with Gasteiger partial charge in [-0.3, -0.25) is 0 Å². The van der Waals surface area contributed by atoms with Crippen LogP contribution in [0.15, 0.2) is 10.5 Å². The molecule has 0 aliphatic heterocycles. The molecule has 0 saturated carbocycles. The maximum absolute atomic E-state index is 11.9. The summed E-state index contributed by atoms with van der Waals surface area (Å²) in [4.78, 5) is 0. The lowest BCUT2D eigenvalue weighted by Crippen LogP contribution is -2.05. The molecule has 2 nitrogen and oxygen atoms in total. The molecule has 0 radical (unpaired) electrons. The third kappa shape index (κ3) is 1.47. The maximum Gasteiger partial charge on any atom is 0.451 e. The van der Waals surface area contributed by atoms with Crippen molar-refractivity contribution in [2.45, 2.75) is 13.1 Å². The van der Waals surface area contributed by atoms with E-state index >= 15 is 0 Å². The molecule has 0 amide bonds. The molecular formula is C6H6F3NO. The summed E-state index contributed by atoms with van der Waals surface area (Å²) in [5, 5.41) is 0. The lowest BCUT2D eigenvalue weighted by atomic mass is 10.3. The Labute approximate surface area is 60.8 Å². The van der Waals surface area contributed by atoms with Crippen LogP contribution < -0.4 is 5.73 Å². The summed E-state index contributed by atoms with van der Waals surface area (Å²) in [6, 6.07) is 1.14. The van der Waals surface area contributed by atoms with Gasteiger partial charge in [0.25, 0.3) is 0 Å². The number of halogens is 3. The summed E-state index contributed by atoms with van der Waals surface area (Å²) >= 11 is 0. The van der Waals surface area contributed by atoms with E-state index in [9.17, 15) is 13.2 Å². The Hall–Kier alpha value is -1.13. The highest BCUT2D eigenvalue weighted by Crippen LogP contribution is 2.35. The van der Waals surface area contributed by atoms with E-state index in [1.54, 1.807) is 0 Å². The number of anilines is 1. The van der Waals surface area contributed by atoms with Crippen LogP contribution in [0.25, 0.3) is 0 Å². The van der Waals surface area contributed by atoms with E-state index in [4.69, 9.17) is 5.73 Å². The van der Waals surface area contributed by atoms with Crippen LogP contribution >= 0.6 is 0 Å². The molecule has 0 unspecified atom stereocenters. The van der Waals surface area contributed by atoms with Gasteiger partial charge in [0.1, 0.15) is 5.76 Å². The Morgan fingerprint density at radius 1 is 1.45 bits per heavy atom. The van der Waals surface area contributed by atoms with E-state index in [1.807, 2.05) is 0 Å². The molecule has 0 fully saturated rings. The van der Waals surface area contributed by atoms with E-state index in [-0.39, 0.29) is 11.4 Å². The summed E-state index contributed by atoms with van der Waals surface area (Å²) < 4.78 is 40.0. The van der Waals surface area contributed by atoms with Crippen LogP contribution in [0.5, 0.6) is 0 Å². The van der Waals surface area contributed by atoms with Crippen LogP contribution in [-0.4, -0.2) is 0 Å². The molecule has 0 atom stereocenters. The summed E-state index contributed by atoms with van der Waals surface area (Å²) in [6.45, 7) is 1.41. The third-order valence-corrected chi connectivity index (χ3v) is 1.14. The molecule has 0 saturated heterocycles. The van der Waals surface area contributed by atoms with E-state index in [0.29, 0.717) is 0 Å². The van der Waals surface area contributed by atoms with Crippen LogP contribution in [0.3, 0.4) is 0 Å². The zero-order valence-corrected chi connectivity index (χ0v) is 5.70. The fourth-order valence-electron chi connectivity index (χ4n) is 0.755. The van der Waals surface area contributed by atoms with Crippen LogP contribution in [0, 0.1) is 6.92 Å². The van der Waals surface area contributed by atoms with Crippen LogP contribution in [-0.2, 0) is 6.18 Å². The highest BCUT2D eigenvalue weighted by atomic mass is 19.4. The molecular weight excluding hydrogens is 159 g/mol. The average molecular weight is 165 g/mol. The van der Waals surface area contributed by atoms with Gasteiger partial charge in [-0.15, -0.1) is 0 Å². The van der Waals surface area contributed by atoms with Gasteiger partial charge in [0.05, 0.1) is 5.69 Å². The number of alkyl halides is 3. The first-order valence-electron chi connectivity index (χ1n) is 2.84. The van der Waals surface area contributed by atoms with Crippen molar-refractivity contribution < 1.29 is 17.6 Å². The fourth-order valence-corrected chi connectivity index (χ4v) is 0.755. The first-order chi connectivity index (χ1) is 4.91. The van der Waals surface area contributed by atoms with Crippen molar-refractivity contribution in [1.29, 1.82) is 0 Å². The Bertz CT molecular complexity index is 263. The molecule has 1 aromatic rings. The van der Waals surface area contributed by atoms with Crippen molar-refractivity contribution in [2.24, 2.45) is 0 Å². The second kappa shape index (κ2) is 2.18. The van der Waals surface area contributed by atoms with Gasteiger partial charge in [0.15, 0.2) is 0 Å². The second-order valence-electron chi connectivity index (χ2n) is 2.14. The number of rotatable bonds is 0. The first-order valence-corrected chi connectivity index (χ1v) is 2.84. The Morgan fingerprint density at radius 2 is 2.00 bits per heavy atom. The van der Waals surface area contributed by atoms with Gasteiger partial charge in [-0.1, -0.05) is 0 Å². The molecule has 0 aliphatic rings. The van der Waals surface area contributed by atoms with E-state index in [0.717, 1.165) is 6.07 Å². The molecule has 1 aromatic heterocycles. The number of aryl methyl sites for hydroxylation is 1. The lowest BCUT2D eigenvalue weighted by Gasteiger charge is -2.01. The topological polar surface area (TPSA) is 39.2 Å². The van der Waals surface area contributed by atoms with Crippen molar-refractivity contribution in [3.63, 3.8) is 0 Å². The zero-order chi connectivity index (χ0) is 8.65. The average Bonchev–Trinajstić information content (AvgIpc) is 2.08. The molecule has 0 spiro atoms. The van der Waals surface area contributed by atoms with Crippen molar-refractivity contribution in [2.75, 3.05) is 5.73 Å². The van der Waals surface area contributed by atoms with Gasteiger partial charge in [-0.2, -0.15) is 13.2 Å². The molecule has 0 bridgehead atoms. The smallest absolute Gasteiger partial charge is 0.451 e. The number of furan rings is 1. The highest BCUT2D eigenvalue weighted by Gasteiger charge is 2.37. The Balaban J connectivity index is 3.13. The van der Waals surface area contributed by atoms with E-state index < -0.39 is 11.9 Å². The molecule has 0 aliphatic carbocycles. The predicted molar refractivity (Wildman–Crippen MR) is 32.9 cm³/mol. The molecule has 1 heterocycles. The third-order valence-electron chi connectivity index (χ3n) is 1.14. The molecule has 0 aromatic carbocycles. The SMILES string of the molecule is Cc1cc(N)c(C(F)(F)F)o1. The number of hydrogen-bond donors (Lipinski definition) is 1. The van der Waals surface area contributed by atoms with Crippen LogP contribution in [0.4, 0.5) is 18.9 Å². The fraction of sp³-hybridized carbons (Fsp3) is 0.333. The minimum absolute atomic E-state index is 0.162. The number of hydrogen-bond acceptors (Lipinski definition) is 2. The second-order valence-corrected chi connectivity index (χ2v) is 2.14. The quantitative estimate of drug-likeness (QED) is 0.639. The van der Waals surface area contributed by atoms with Crippen LogP contribution in [0.1, 0.15) is 11.5 Å². The van der Waals surface area contributed by atoms with Gasteiger partial charge in [-0.25, -0.2) is 0 Å². The molecule has 1 rings (SSSR count). The summed E-state index contributed by atoms with van der Waals surface area (Å²) in [5.41, 5.74) is 4.65. The Morgan fingerprint density at radius 3 is 2.18 bits per heavy atom. The van der Waals surface area contributed by atoms with Crippen molar-refractivity contribution >= 4 is 5.69 Å². The van der Waals surface area contributed by atoms with E-state index in [1.165, 1.54) is 6.92 Å². The van der Waals surface area contributed by atoms with Gasteiger partial charge >= 0.3 is 6.18 Å². The van der Waals surface area contributed by atoms with Crippen molar-refractivity contribution in [3.05, 3.63) is 17.6 Å². The zero-order valence-electron chi connectivity index (χ0n) is 5.70. The first kappa shape index (κ1) is 7.97. The molecule has 62 valence electrons. The number of nitrogen functional groups attached to an aromatic ring is 1. The maximum atomic E-state index is 11.9. The lowest BCUT2D eigenvalue weighted by molar-refractivity contribution is -0.152. The normalized spacial score (nSPS) is 12.0. The van der Waals surface area contributed by atoms with Crippen LogP contribution in [0.2, 0.25) is 0 Å². The number of nitrogens with two attached hydrogens (primary N) is 1. The monoisotopic (exact) mass is 165 g/mol. The molecule has 2 N–H and O–H groups in total. The molecule has 11 heavy (non-hydrogen) atoms. The van der Waals surface area contributed by atoms with Gasteiger partial charge in [-0.05, 0) is 6.92 Å². The van der Waals surface area contributed by atoms with Crippen molar-refractivity contribution in [3.8, 4) is 0 Å². The van der Waals surface area contributed by atoms with Gasteiger partial charge in [0.2, 0.25) is 5.76 Å². The van der Waals surface area contributed by atoms with E-state index in [2.05, 4.69) is 4.42 Å². The summed E-state index contributed by atoms with van der Waals surface area (Å²) in [6.07, 6.45) is -4.49. The highest BCUT2D eigenvalue weighted by molar-refractivity contribution is 5.44.